The summed E-state index contributed by atoms with van der Waals surface area (Å²) in [4.78, 5) is 12.1. The Morgan fingerprint density at radius 2 is 1.55 bits per heavy atom. The highest BCUT2D eigenvalue weighted by Crippen LogP contribution is 2.33. The second-order valence-electron chi connectivity index (χ2n) is 11.5. The van der Waals surface area contributed by atoms with E-state index in [1.807, 2.05) is 0 Å². The van der Waals surface area contributed by atoms with Gasteiger partial charge in [0, 0.05) is 23.0 Å². The number of esters is 1. The lowest BCUT2D eigenvalue weighted by molar-refractivity contribution is -0.185. The minimum absolute atomic E-state index is 0.00174. The van der Waals surface area contributed by atoms with Crippen molar-refractivity contribution in [3.8, 4) is 11.5 Å². The van der Waals surface area contributed by atoms with Crippen LogP contribution in [0.15, 0.2) is 72.8 Å². The van der Waals surface area contributed by atoms with Gasteiger partial charge in [-0.05, 0) is 105 Å². The topological polar surface area (TPSA) is 106 Å². The highest BCUT2D eigenvalue weighted by Gasteiger charge is 2.34. The molecule has 0 aliphatic heterocycles. The number of hydrogen-bond donors (Lipinski definition) is 2. The van der Waals surface area contributed by atoms with E-state index in [1.165, 1.54) is 48.6 Å². The molecule has 226 valence electrons. The van der Waals surface area contributed by atoms with Gasteiger partial charge < -0.3 is 29.8 Å². The molecule has 11 heteroatoms. The smallest absolute Gasteiger partial charge is 0.426 e. The van der Waals surface area contributed by atoms with Gasteiger partial charge in [0.2, 0.25) is 0 Å². The summed E-state index contributed by atoms with van der Waals surface area (Å²) in [6, 6.07) is 17.5. The predicted molar refractivity (Wildman–Crippen MR) is 168 cm³/mol. The molecule has 0 bridgehead atoms. The summed E-state index contributed by atoms with van der Waals surface area (Å²) in [6.45, 7) is 11.5. The van der Waals surface area contributed by atoms with Crippen molar-refractivity contribution in [1.29, 1.82) is 0 Å². The van der Waals surface area contributed by atoms with Gasteiger partial charge in [0.05, 0.1) is 12.2 Å². The highest BCUT2D eigenvalue weighted by molar-refractivity contribution is 6.84. The van der Waals surface area contributed by atoms with E-state index in [0.717, 1.165) is 12.5 Å². The van der Waals surface area contributed by atoms with Crippen molar-refractivity contribution in [2.24, 2.45) is 0 Å². The SMILES string of the molecule is C[Si](C)(C)O[Si](C)(C)CCCOc1ccc(C(F)(F)Oc2ccc(/C=C/C(=O)OCc3ccc(N)cc3N)cc2)cc1. The van der Waals surface area contributed by atoms with Gasteiger partial charge in [-0.1, -0.05) is 18.2 Å². The zero-order chi connectivity index (χ0) is 31.0. The van der Waals surface area contributed by atoms with Crippen LogP contribution in [0.5, 0.6) is 11.5 Å². The summed E-state index contributed by atoms with van der Waals surface area (Å²) in [6.07, 6.45) is 0.0484. The number of halogens is 2. The van der Waals surface area contributed by atoms with E-state index in [4.69, 9.17) is 29.8 Å². The first-order chi connectivity index (χ1) is 19.6. The monoisotopic (exact) mass is 614 g/mol. The van der Waals surface area contributed by atoms with Crippen molar-refractivity contribution in [2.75, 3.05) is 18.1 Å². The quantitative estimate of drug-likeness (QED) is 0.0634. The third-order valence-electron chi connectivity index (χ3n) is 6.04. The van der Waals surface area contributed by atoms with Crippen molar-refractivity contribution in [1.82, 2.24) is 0 Å². The van der Waals surface area contributed by atoms with Crippen molar-refractivity contribution in [3.05, 3.63) is 89.5 Å². The summed E-state index contributed by atoms with van der Waals surface area (Å²) >= 11 is 0. The first-order valence-corrected chi connectivity index (χ1v) is 20.2. The fourth-order valence-corrected chi connectivity index (χ4v) is 12.3. The van der Waals surface area contributed by atoms with Crippen molar-refractivity contribution in [2.45, 2.75) is 57.9 Å². The van der Waals surface area contributed by atoms with Crippen LogP contribution in [0.3, 0.4) is 0 Å². The maximum atomic E-state index is 14.8. The van der Waals surface area contributed by atoms with E-state index < -0.39 is 28.7 Å². The zero-order valence-electron chi connectivity index (χ0n) is 24.8. The zero-order valence-corrected chi connectivity index (χ0v) is 26.8. The van der Waals surface area contributed by atoms with Crippen LogP contribution in [0, 0.1) is 0 Å². The molecule has 0 aliphatic rings. The average molecular weight is 615 g/mol. The first kappa shape index (κ1) is 32.8. The fourth-order valence-electron chi connectivity index (χ4n) is 4.27. The summed E-state index contributed by atoms with van der Waals surface area (Å²) in [5.74, 6) is -0.0785. The Morgan fingerprint density at radius 1 is 0.905 bits per heavy atom. The van der Waals surface area contributed by atoms with Crippen LogP contribution in [0.1, 0.15) is 23.1 Å². The van der Waals surface area contributed by atoms with Crippen molar-refractivity contribution < 1.29 is 31.9 Å². The molecular weight excluding hydrogens is 575 g/mol. The molecule has 0 heterocycles. The minimum atomic E-state index is -3.55. The molecule has 0 atom stereocenters. The Morgan fingerprint density at radius 3 is 2.17 bits per heavy atom. The van der Waals surface area contributed by atoms with Crippen LogP contribution in [-0.2, 0) is 26.4 Å². The van der Waals surface area contributed by atoms with Crippen LogP contribution >= 0.6 is 0 Å². The maximum absolute atomic E-state index is 14.8. The van der Waals surface area contributed by atoms with Gasteiger partial charge in [-0.2, -0.15) is 8.78 Å². The maximum Gasteiger partial charge on any atom is 0.426 e. The summed E-state index contributed by atoms with van der Waals surface area (Å²) < 4.78 is 51.9. The minimum Gasteiger partial charge on any atom is -0.494 e. The summed E-state index contributed by atoms with van der Waals surface area (Å²) in [7, 11) is -3.33. The van der Waals surface area contributed by atoms with Gasteiger partial charge in [0.15, 0.2) is 16.6 Å². The van der Waals surface area contributed by atoms with Gasteiger partial charge in [0.1, 0.15) is 18.1 Å². The molecular formula is C31H40F2N2O5Si2. The Bertz CT molecular complexity index is 1360. The second-order valence-corrected chi connectivity index (χ2v) is 20.6. The van der Waals surface area contributed by atoms with Gasteiger partial charge in [-0.25, -0.2) is 4.79 Å². The van der Waals surface area contributed by atoms with Crippen LogP contribution < -0.4 is 20.9 Å². The molecule has 0 saturated heterocycles. The Kier molecular flexibility index (Phi) is 10.9. The number of nitrogens with two attached hydrogens (primary N) is 2. The Hall–Kier alpha value is -3.68. The Balaban J connectivity index is 1.47. The first-order valence-electron chi connectivity index (χ1n) is 13.7. The predicted octanol–water partition coefficient (Wildman–Crippen LogP) is 7.56. The number of anilines is 2. The van der Waals surface area contributed by atoms with Crippen LogP contribution in [0.25, 0.3) is 6.08 Å². The van der Waals surface area contributed by atoms with E-state index in [1.54, 1.807) is 30.3 Å². The number of benzene rings is 3. The molecule has 0 aliphatic carbocycles. The molecule has 7 nitrogen and oxygen atoms in total. The molecule has 0 fully saturated rings. The number of ether oxygens (including phenoxy) is 3. The molecule has 3 aromatic carbocycles. The van der Waals surface area contributed by atoms with Crippen LogP contribution in [-0.4, -0.2) is 29.2 Å². The lowest BCUT2D eigenvalue weighted by Gasteiger charge is -2.31. The average Bonchev–Trinajstić information content (AvgIpc) is 2.89. The van der Waals surface area contributed by atoms with E-state index in [2.05, 4.69) is 32.7 Å². The Labute approximate surface area is 248 Å². The molecule has 0 unspecified atom stereocenters. The number of carbonyl (C=O) groups is 1. The van der Waals surface area contributed by atoms with Gasteiger partial charge in [-0.3, -0.25) is 0 Å². The molecule has 42 heavy (non-hydrogen) atoms. The number of hydrogen-bond acceptors (Lipinski definition) is 7. The standard InChI is InChI=1S/C31H40F2N2O5Si2/c1-41(2,3)40-42(4,5)20-6-19-37-27-16-11-25(12-17-27)31(32,33)39-28-14-7-23(8-15-28)9-18-30(36)38-22-24-10-13-26(34)21-29(24)35/h7-18,21H,6,19-20,22,34-35H2,1-5H3/b18-9+. The molecule has 0 radical (unpaired) electrons. The third-order valence-corrected chi connectivity index (χ3v) is 12.3. The molecule has 3 rings (SSSR count). The molecule has 0 spiro atoms. The number of rotatable bonds is 14. The van der Waals surface area contributed by atoms with Gasteiger partial charge >= 0.3 is 12.1 Å². The normalized spacial score (nSPS) is 12.4. The van der Waals surface area contributed by atoms with E-state index in [9.17, 15) is 13.6 Å². The number of carbonyl (C=O) groups excluding carboxylic acids is 1. The molecule has 0 saturated carbocycles. The largest absolute Gasteiger partial charge is 0.494 e. The van der Waals surface area contributed by atoms with Gasteiger partial charge in [0.25, 0.3) is 0 Å². The molecule has 0 amide bonds. The van der Waals surface area contributed by atoms with Crippen molar-refractivity contribution >= 4 is 40.1 Å². The number of nitrogen functional groups attached to an aromatic ring is 2. The molecule has 0 aromatic heterocycles. The second kappa shape index (κ2) is 14.0. The molecule has 3 aromatic rings. The van der Waals surface area contributed by atoms with Crippen LogP contribution in [0.2, 0.25) is 38.8 Å². The fraction of sp³-hybridized carbons (Fsp3) is 0.323. The highest BCUT2D eigenvalue weighted by atomic mass is 28.4. The van der Waals surface area contributed by atoms with Crippen LogP contribution in [0.4, 0.5) is 20.2 Å². The van der Waals surface area contributed by atoms with Gasteiger partial charge in [-0.15, -0.1) is 0 Å². The number of alkyl halides is 2. The third kappa shape index (κ3) is 11.0. The summed E-state index contributed by atoms with van der Waals surface area (Å²) in [5.41, 5.74) is 13.4. The van der Waals surface area contributed by atoms with E-state index in [-0.39, 0.29) is 17.9 Å². The van der Waals surface area contributed by atoms with E-state index >= 15 is 0 Å². The lowest BCUT2D eigenvalue weighted by Crippen LogP contribution is -2.42. The van der Waals surface area contributed by atoms with Crippen molar-refractivity contribution in [3.63, 3.8) is 0 Å². The molecule has 4 N–H and O–H groups in total. The summed E-state index contributed by atoms with van der Waals surface area (Å²) in [5, 5.41) is 0. The van der Waals surface area contributed by atoms with E-state index in [0.29, 0.717) is 34.9 Å². The lowest BCUT2D eigenvalue weighted by atomic mass is 10.2.